The van der Waals surface area contributed by atoms with Crippen molar-refractivity contribution < 1.29 is 4.52 Å². The van der Waals surface area contributed by atoms with E-state index in [2.05, 4.69) is 15.5 Å². The highest BCUT2D eigenvalue weighted by Crippen LogP contribution is 2.35. The number of hydrogen-bond acceptors (Lipinski definition) is 4. The Bertz CT molecular complexity index is 338. The minimum absolute atomic E-state index is 0.295. The van der Waals surface area contributed by atoms with Gasteiger partial charge in [0.25, 0.3) is 0 Å². The van der Waals surface area contributed by atoms with Gasteiger partial charge in [-0.05, 0) is 32.2 Å². The summed E-state index contributed by atoms with van der Waals surface area (Å²) in [4.78, 5) is 4.56. The van der Waals surface area contributed by atoms with E-state index >= 15 is 0 Å². The van der Waals surface area contributed by atoms with E-state index in [-0.39, 0.29) is 0 Å². The van der Waals surface area contributed by atoms with Crippen LogP contribution >= 0.6 is 0 Å². The van der Waals surface area contributed by atoms with E-state index in [1.165, 1.54) is 38.5 Å². The van der Waals surface area contributed by atoms with E-state index in [4.69, 9.17) is 4.52 Å². The van der Waals surface area contributed by atoms with Crippen LogP contribution in [0.15, 0.2) is 4.52 Å². The summed E-state index contributed by atoms with van der Waals surface area (Å²) in [7, 11) is 0. The molecule has 1 saturated carbocycles. The van der Waals surface area contributed by atoms with E-state index in [1.807, 2.05) is 0 Å². The van der Waals surface area contributed by atoms with Gasteiger partial charge in [-0.25, -0.2) is 0 Å². The average Bonchev–Trinajstić information content (AvgIpc) is 2.52. The van der Waals surface area contributed by atoms with Crippen LogP contribution in [0.3, 0.4) is 0 Å². The first kappa shape index (κ1) is 10.3. The molecule has 0 amide bonds. The molecule has 1 aliphatic heterocycles. The zero-order chi connectivity index (χ0) is 10.8. The van der Waals surface area contributed by atoms with Crippen LogP contribution in [0, 0.1) is 0 Å². The van der Waals surface area contributed by atoms with Gasteiger partial charge >= 0.3 is 0 Å². The smallest absolute Gasteiger partial charge is 0.243 e. The summed E-state index contributed by atoms with van der Waals surface area (Å²) >= 11 is 0. The molecule has 1 aliphatic carbocycles. The zero-order valence-electron chi connectivity index (χ0n) is 9.61. The maximum Gasteiger partial charge on any atom is 0.243 e. The number of hydrogen-bond donors (Lipinski definition) is 1. The van der Waals surface area contributed by atoms with Crippen LogP contribution in [-0.2, 0) is 0 Å². The fourth-order valence-electron chi connectivity index (χ4n) is 2.46. The molecule has 1 atom stereocenters. The highest BCUT2D eigenvalue weighted by Gasteiger charge is 2.27. The minimum Gasteiger partial charge on any atom is -0.338 e. The number of nitrogens with one attached hydrogen (secondary N) is 1. The van der Waals surface area contributed by atoms with Crippen molar-refractivity contribution in [2.75, 3.05) is 6.54 Å². The molecule has 2 heterocycles. The minimum atomic E-state index is 0.295. The Labute approximate surface area is 95.8 Å². The Morgan fingerprint density at radius 1 is 1.06 bits per heavy atom. The summed E-state index contributed by atoms with van der Waals surface area (Å²) in [5.74, 6) is 2.32. The van der Waals surface area contributed by atoms with Crippen molar-refractivity contribution in [2.24, 2.45) is 0 Å². The Morgan fingerprint density at radius 3 is 2.81 bits per heavy atom. The van der Waals surface area contributed by atoms with Gasteiger partial charge in [0.15, 0.2) is 5.82 Å². The lowest BCUT2D eigenvalue weighted by Gasteiger charge is -2.21. The maximum absolute atomic E-state index is 5.39. The molecule has 4 nitrogen and oxygen atoms in total. The molecule has 1 saturated heterocycles. The number of aromatic nitrogens is 2. The third-order valence-corrected chi connectivity index (χ3v) is 3.79. The van der Waals surface area contributed by atoms with Crippen molar-refractivity contribution in [3.05, 3.63) is 11.7 Å². The summed E-state index contributed by atoms with van der Waals surface area (Å²) in [6, 6.07) is 0.295. The lowest BCUT2D eigenvalue weighted by atomic mass is 9.85. The quantitative estimate of drug-likeness (QED) is 0.833. The normalized spacial score (nSPS) is 27.4. The topological polar surface area (TPSA) is 51.0 Å². The average molecular weight is 221 g/mol. The summed E-state index contributed by atoms with van der Waals surface area (Å²) in [6.45, 7) is 1.08. The van der Waals surface area contributed by atoms with Gasteiger partial charge in [0.2, 0.25) is 5.89 Å². The van der Waals surface area contributed by atoms with Gasteiger partial charge in [-0.2, -0.15) is 4.98 Å². The van der Waals surface area contributed by atoms with Crippen LogP contribution in [0.5, 0.6) is 0 Å². The third-order valence-electron chi connectivity index (χ3n) is 3.79. The largest absolute Gasteiger partial charge is 0.338 e. The summed E-state index contributed by atoms with van der Waals surface area (Å²) in [5.41, 5.74) is 0. The lowest BCUT2D eigenvalue weighted by molar-refractivity contribution is 0.316. The maximum atomic E-state index is 5.39. The molecule has 88 valence electrons. The first-order valence-electron chi connectivity index (χ1n) is 6.50. The zero-order valence-corrected chi connectivity index (χ0v) is 9.61. The van der Waals surface area contributed by atoms with Gasteiger partial charge < -0.3 is 9.84 Å². The van der Waals surface area contributed by atoms with Gasteiger partial charge in [-0.3, -0.25) is 0 Å². The van der Waals surface area contributed by atoms with Crippen molar-refractivity contribution >= 4 is 0 Å². The highest BCUT2D eigenvalue weighted by atomic mass is 16.5. The van der Waals surface area contributed by atoms with Gasteiger partial charge in [0.1, 0.15) is 0 Å². The SMILES string of the molecule is C1CCNC(c2nc(C3CCC3)no2)CC1. The van der Waals surface area contributed by atoms with E-state index < -0.39 is 0 Å². The molecule has 1 N–H and O–H groups in total. The van der Waals surface area contributed by atoms with Gasteiger partial charge in [0, 0.05) is 5.92 Å². The first-order chi connectivity index (χ1) is 7.93. The highest BCUT2D eigenvalue weighted by molar-refractivity contribution is 5.02. The molecule has 0 radical (unpaired) electrons. The second-order valence-corrected chi connectivity index (χ2v) is 4.97. The van der Waals surface area contributed by atoms with Gasteiger partial charge in [-0.1, -0.05) is 24.4 Å². The molecule has 0 bridgehead atoms. The van der Waals surface area contributed by atoms with Gasteiger partial charge in [0.05, 0.1) is 6.04 Å². The monoisotopic (exact) mass is 221 g/mol. The lowest BCUT2D eigenvalue weighted by Crippen LogP contribution is -2.20. The number of rotatable bonds is 2. The molecule has 2 fully saturated rings. The number of nitrogens with zero attached hydrogens (tertiary/aromatic N) is 2. The van der Waals surface area contributed by atoms with E-state index in [1.54, 1.807) is 0 Å². The van der Waals surface area contributed by atoms with Crippen LogP contribution in [-0.4, -0.2) is 16.7 Å². The van der Waals surface area contributed by atoms with E-state index in [9.17, 15) is 0 Å². The predicted molar refractivity (Wildman–Crippen MR) is 60.1 cm³/mol. The fraction of sp³-hybridized carbons (Fsp3) is 0.833. The van der Waals surface area contributed by atoms with Crippen LogP contribution in [0.1, 0.15) is 68.6 Å². The van der Waals surface area contributed by atoms with Crippen molar-refractivity contribution in [3.8, 4) is 0 Å². The van der Waals surface area contributed by atoms with Crippen LogP contribution in [0.25, 0.3) is 0 Å². The molecule has 2 aliphatic rings. The van der Waals surface area contributed by atoms with Crippen LogP contribution < -0.4 is 5.32 Å². The first-order valence-corrected chi connectivity index (χ1v) is 6.50. The Hall–Kier alpha value is -0.900. The molecule has 3 rings (SSSR count). The predicted octanol–water partition coefficient (Wildman–Crippen LogP) is 2.54. The molecule has 1 aromatic rings. The molecule has 1 unspecified atom stereocenters. The molecular formula is C12H19N3O. The Kier molecular flexibility index (Phi) is 2.91. The second-order valence-electron chi connectivity index (χ2n) is 4.97. The summed E-state index contributed by atoms with van der Waals surface area (Å²) in [5, 5.41) is 7.61. The second kappa shape index (κ2) is 4.53. The Balaban J connectivity index is 1.70. The van der Waals surface area contributed by atoms with Crippen molar-refractivity contribution in [1.29, 1.82) is 0 Å². The molecule has 16 heavy (non-hydrogen) atoms. The summed E-state index contributed by atoms with van der Waals surface area (Å²) < 4.78 is 5.39. The molecule has 1 aromatic heterocycles. The third kappa shape index (κ3) is 1.98. The summed E-state index contributed by atoms with van der Waals surface area (Å²) in [6.07, 6.45) is 8.75. The molecule has 0 spiro atoms. The Morgan fingerprint density at radius 2 is 2.00 bits per heavy atom. The van der Waals surface area contributed by atoms with Crippen LogP contribution in [0.4, 0.5) is 0 Å². The fourth-order valence-corrected chi connectivity index (χ4v) is 2.46. The van der Waals surface area contributed by atoms with Crippen molar-refractivity contribution in [3.63, 3.8) is 0 Å². The molecule has 0 aromatic carbocycles. The van der Waals surface area contributed by atoms with Gasteiger partial charge in [-0.15, -0.1) is 0 Å². The standard InChI is InChI=1S/C12H19N3O/c1-2-7-10(13-8-3-1)12-14-11(15-16-12)9-5-4-6-9/h9-10,13H,1-8H2. The van der Waals surface area contributed by atoms with Crippen molar-refractivity contribution in [2.45, 2.75) is 56.9 Å². The van der Waals surface area contributed by atoms with Crippen LogP contribution in [0.2, 0.25) is 0 Å². The molecular weight excluding hydrogens is 202 g/mol. The van der Waals surface area contributed by atoms with E-state index in [0.717, 1.165) is 24.7 Å². The van der Waals surface area contributed by atoms with E-state index in [0.29, 0.717) is 12.0 Å². The van der Waals surface area contributed by atoms with Crippen molar-refractivity contribution in [1.82, 2.24) is 15.5 Å². The molecule has 4 heteroatoms.